The van der Waals surface area contributed by atoms with Crippen LogP contribution in [0.5, 0.6) is 17.2 Å². The van der Waals surface area contributed by atoms with Crippen molar-refractivity contribution in [2.24, 2.45) is 5.10 Å². The number of hydrazone groups is 1. The first kappa shape index (κ1) is 26.1. The zero-order valence-corrected chi connectivity index (χ0v) is 20.6. The molecule has 0 aromatic heterocycles. The standard InChI is InChI=1S/C29H21ClN2O6/c30-23-12-7-13-24(16-23)36-19-27(33)32-31-18-22-14-15-25(37-28(34)20-8-3-1-4-9-20)17-26(22)38-29(35)21-10-5-2-6-11-21/h1-18H,19H2,(H,32,33). The molecule has 4 aromatic carbocycles. The molecule has 4 aromatic rings. The van der Waals surface area contributed by atoms with E-state index in [0.29, 0.717) is 27.5 Å². The lowest BCUT2D eigenvalue weighted by Gasteiger charge is -2.10. The molecule has 0 saturated carbocycles. The summed E-state index contributed by atoms with van der Waals surface area (Å²) < 4.78 is 16.4. The Labute approximate surface area is 223 Å². The predicted octanol–water partition coefficient (Wildman–Crippen LogP) is 5.31. The monoisotopic (exact) mass is 528 g/mol. The molecule has 8 nitrogen and oxygen atoms in total. The number of rotatable bonds is 9. The number of amides is 1. The van der Waals surface area contributed by atoms with Crippen molar-refractivity contribution in [3.05, 3.63) is 125 Å². The van der Waals surface area contributed by atoms with Gasteiger partial charge < -0.3 is 14.2 Å². The van der Waals surface area contributed by atoms with E-state index in [1.807, 2.05) is 0 Å². The van der Waals surface area contributed by atoms with Crippen LogP contribution in [0, 0.1) is 0 Å². The van der Waals surface area contributed by atoms with E-state index in [9.17, 15) is 14.4 Å². The van der Waals surface area contributed by atoms with Gasteiger partial charge in [-0.25, -0.2) is 15.0 Å². The van der Waals surface area contributed by atoms with Crippen LogP contribution in [0.1, 0.15) is 26.3 Å². The largest absolute Gasteiger partial charge is 0.484 e. The highest BCUT2D eigenvalue weighted by atomic mass is 35.5. The van der Waals surface area contributed by atoms with Gasteiger partial charge in [0, 0.05) is 16.7 Å². The second-order valence-electron chi connectivity index (χ2n) is 7.75. The van der Waals surface area contributed by atoms with Crippen LogP contribution in [0.15, 0.2) is 108 Å². The molecule has 0 unspecified atom stereocenters. The van der Waals surface area contributed by atoms with Crippen LogP contribution < -0.4 is 19.6 Å². The van der Waals surface area contributed by atoms with Crippen molar-refractivity contribution < 1.29 is 28.6 Å². The Morgan fingerprint density at radius 3 is 2.05 bits per heavy atom. The van der Waals surface area contributed by atoms with E-state index in [-0.39, 0.29) is 18.1 Å². The molecule has 0 fully saturated rings. The second-order valence-corrected chi connectivity index (χ2v) is 8.19. The zero-order chi connectivity index (χ0) is 26.7. The molecule has 0 aliphatic rings. The second kappa shape index (κ2) is 12.8. The number of ether oxygens (including phenoxy) is 3. The molecule has 0 radical (unpaired) electrons. The molecule has 0 bridgehead atoms. The zero-order valence-electron chi connectivity index (χ0n) is 19.9. The summed E-state index contributed by atoms with van der Waals surface area (Å²) in [5.74, 6) is -1.04. The predicted molar refractivity (Wildman–Crippen MR) is 142 cm³/mol. The summed E-state index contributed by atoms with van der Waals surface area (Å²) in [7, 11) is 0. The van der Waals surface area contributed by atoms with E-state index in [0.717, 1.165) is 0 Å². The topological polar surface area (TPSA) is 103 Å². The van der Waals surface area contributed by atoms with Crippen molar-refractivity contribution in [2.45, 2.75) is 0 Å². The summed E-state index contributed by atoms with van der Waals surface area (Å²) in [5, 5.41) is 4.40. The molecule has 1 amide bonds. The summed E-state index contributed by atoms with van der Waals surface area (Å²) in [4.78, 5) is 37.3. The van der Waals surface area contributed by atoms with Crippen molar-refractivity contribution in [1.29, 1.82) is 0 Å². The number of hydrogen-bond donors (Lipinski definition) is 1. The molecule has 190 valence electrons. The lowest BCUT2D eigenvalue weighted by Crippen LogP contribution is -2.24. The van der Waals surface area contributed by atoms with Gasteiger partial charge in [0.1, 0.15) is 17.2 Å². The molecular formula is C29H21ClN2O6. The SMILES string of the molecule is O=C(COc1cccc(Cl)c1)NN=Cc1ccc(OC(=O)c2ccccc2)cc1OC(=O)c1ccccc1. The summed E-state index contributed by atoms with van der Waals surface area (Å²) in [5.41, 5.74) is 3.39. The smallest absolute Gasteiger partial charge is 0.343 e. The van der Waals surface area contributed by atoms with Gasteiger partial charge in [-0.1, -0.05) is 54.1 Å². The van der Waals surface area contributed by atoms with E-state index < -0.39 is 17.8 Å². The first-order valence-electron chi connectivity index (χ1n) is 11.4. The van der Waals surface area contributed by atoms with Crippen LogP contribution in [0.2, 0.25) is 5.02 Å². The first-order valence-corrected chi connectivity index (χ1v) is 11.7. The van der Waals surface area contributed by atoms with Crippen molar-refractivity contribution in [2.75, 3.05) is 6.61 Å². The Bertz CT molecular complexity index is 1460. The van der Waals surface area contributed by atoms with E-state index >= 15 is 0 Å². The number of esters is 2. The maximum absolute atomic E-state index is 12.7. The Morgan fingerprint density at radius 2 is 1.39 bits per heavy atom. The Morgan fingerprint density at radius 1 is 0.737 bits per heavy atom. The van der Waals surface area contributed by atoms with Crippen LogP contribution in [-0.4, -0.2) is 30.7 Å². The minimum Gasteiger partial charge on any atom is -0.484 e. The van der Waals surface area contributed by atoms with Gasteiger partial charge in [0.05, 0.1) is 17.3 Å². The average molecular weight is 529 g/mol. The third-order valence-corrected chi connectivity index (χ3v) is 5.21. The van der Waals surface area contributed by atoms with Gasteiger partial charge in [-0.15, -0.1) is 0 Å². The highest BCUT2D eigenvalue weighted by Gasteiger charge is 2.15. The summed E-state index contributed by atoms with van der Waals surface area (Å²) in [6.07, 6.45) is 1.30. The van der Waals surface area contributed by atoms with E-state index in [4.69, 9.17) is 25.8 Å². The molecule has 0 heterocycles. The number of nitrogens with one attached hydrogen (secondary N) is 1. The van der Waals surface area contributed by atoms with Crippen LogP contribution in [-0.2, 0) is 4.79 Å². The maximum atomic E-state index is 12.7. The summed E-state index contributed by atoms with van der Waals surface area (Å²) in [6, 6.07) is 28.0. The molecule has 38 heavy (non-hydrogen) atoms. The van der Waals surface area contributed by atoms with Crippen molar-refractivity contribution in [3.8, 4) is 17.2 Å². The molecular weight excluding hydrogens is 508 g/mol. The Hall–Kier alpha value is -4.95. The molecule has 9 heteroatoms. The fourth-order valence-corrected chi connectivity index (χ4v) is 3.34. The van der Waals surface area contributed by atoms with Gasteiger partial charge >= 0.3 is 11.9 Å². The quantitative estimate of drug-likeness (QED) is 0.137. The van der Waals surface area contributed by atoms with Crippen LogP contribution >= 0.6 is 11.6 Å². The molecule has 0 atom stereocenters. The number of carbonyl (C=O) groups excluding carboxylic acids is 3. The van der Waals surface area contributed by atoms with Gasteiger partial charge in [0.2, 0.25) is 0 Å². The number of nitrogens with zero attached hydrogens (tertiary/aromatic N) is 1. The van der Waals surface area contributed by atoms with Crippen LogP contribution in [0.3, 0.4) is 0 Å². The van der Waals surface area contributed by atoms with E-state index in [1.165, 1.54) is 18.3 Å². The Balaban J connectivity index is 1.47. The summed E-state index contributed by atoms with van der Waals surface area (Å²) >= 11 is 5.90. The highest BCUT2D eigenvalue weighted by Crippen LogP contribution is 2.26. The Kier molecular flexibility index (Phi) is 8.83. The highest BCUT2D eigenvalue weighted by molar-refractivity contribution is 6.30. The van der Waals surface area contributed by atoms with E-state index in [2.05, 4.69) is 10.5 Å². The van der Waals surface area contributed by atoms with Crippen molar-refractivity contribution in [1.82, 2.24) is 5.43 Å². The van der Waals surface area contributed by atoms with Crippen molar-refractivity contribution >= 4 is 35.7 Å². The molecule has 1 N–H and O–H groups in total. The van der Waals surface area contributed by atoms with Gasteiger partial charge in [-0.05, 0) is 54.6 Å². The van der Waals surface area contributed by atoms with Gasteiger partial charge in [-0.2, -0.15) is 5.10 Å². The molecule has 4 rings (SSSR count). The number of carbonyl (C=O) groups is 3. The third kappa shape index (κ3) is 7.52. The maximum Gasteiger partial charge on any atom is 0.343 e. The minimum absolute atomic E-state index is 0.0744. The first-order chi connectivity index (χ1) is 18.5. The number of benzene rings is 4. The molecule has 0 aliphatic carbocycles. The average Bonchev–Trinajstić information content (AvgIpc) is 2.94. The number of hydrogen-bond acceptors (Lipinski definition) is 7. The molecule has 0 aliphatic heterocycles. The van der Waals surface area contributed by atoms with Crippen LogP contribution in [0.25, 0.3) is 0 Å². The van der Waals surface area contributed by atoms with Gasteiger partial charge in [0.25, 0.3) is 5.91 Å². The van der Waals surface area contributed by atoms with Crippen molar-refractivity contribution in [3.63, 3.8) is 0 Å². The van der Waals surface area contributed by atoms with E-state index in [1.54, 1.807) is 91.0 Å². The lowest BCUT2D eigenvalue weighted by atomic mass is 10.2. The fraction of sp³-hybridized carbons (Fsp3) is 0.0345. The number of halogens is 1. The van der Waals surface area contributed by atoms with Gasteiger partial charge in [0.15, 0.2) is 6.61 Å². The minimum atomic E-state index is -0.620. The molecule has 0 saturated heterocycles. The lowest BCUT2D eigenvalue weighted by molar-refractivity contribution is -0.123. The fourth-order valence-electron chi connectivity index (χ4n) is 3.16. The molecule has 0 spiro atoms. The normalized spacial score (nSPS) is 10.6. The summed E-state index contributed by atoms with van der Waals surface area (Å²) in [6.45, 7) is -0.290. The van der Waals surface area contributed by atoms with Crippen LogP contribution in [0.4, 0.5) is 0 Å². The third-order valence-electron chi connectivity index (χ3n) is 4.98. The van der Waals surface area contributed by atoms with Gasteiger partial charge in [-0.3, -0.25) is 4.79 Å².